The Kier molecular flexibility index (Phi) is 4.95. The summed E-state index contributed by atoms with van der Waals surface area (Å²) in [5, 5.41) is 0.573. The van der Waals surface area contributed by atoms with Gasteiger partial charge >= 0.3 is 0 Å². The zero-order valence-corrected chi connectivity index (χ0v) is 14.2. The van der Waals surface area contributed by atoms with E-state index in [1.807, 2.05) is 0 Å². The molecule has 112 valence electrons. The van der Waals surface area contributed by atoms with E-state index in [0.717, 1.165) is 6.20 Å². The van der Waals surface area contributed by atoms with Gasteiger partial charge in [-0.3, -0.25) is 4.72 Å². The second-order valence-corrected chi connectivity index (χ2v) is 7.26. The number of nitrogens with two attached hydrogens (primary N) is 1. The number of pyridine rings is 1. The summed E-state index contributed by atoms with van der Waals surface area (Å²) >= 11 is 14.9. The smallest absolute Gasteiger partial charge is 0.263 e. The molecule has 0 aliphatic rings. The molecular formula is C11H9BrCl2N4O2S. The van der Waals surface area contributed by atoms with Crippen LogP contribution in [0, 0.1) is 0 Å². The maximum atomic E-state index is 12.3. The molecule has 0 amide bonds. The molecule has 0 spiro atoms. The van der Waals surface area contributed by atoms with Gasteiger partial charge in [0, 0.05) is 15.7 Å². The molecule has 6 nitrogen and oxygen atoms in total. The van der Waals surface area contributed by atoms with Crippen molar-refractivity contribution >= 4 is 60.7 Å². The van der Waals surface area contributed by atoms with E-state index in [4.69, 9.17) is 29.0 Å². The fraction of sp³-hybridized carbons (Fsp3) is 0. The van der Waals surface area contributed by atoms with Crippen molar-refractivity contribution < 1.29 is 8.42 Å². The summed E-state index contributed by atoms with van der Waals surface area (Å²) in [5.41, 5.74) is 2.60. The summed E-state index contributed by atoms with van der Waals surface area (Å²) in [7, 11) is -3.83. The third kappa shape index (κ3) is 3.78. The number of halogens is 3. The Morgan fingerprint density at radius 3 is 2.52 bits per heavy atom. The highest BCUT2D eigenvalue weighted by Gasteiger charge is 2.18. The summed E-state index contributed by atoms with van der Waals surface area (Å²) in [6.07, 6.45) is 1.15. The van der Waals surface area contributed by atoms with Gasteiger partial charge < -0.3 is 5.43 Å². The molecule has 0 saturated carbocycles. The number of nitrogens with zero attached hydrogens (tertiary/aromatic N) is 1. The first-order valence-electron chi connectivity index (χ1n) is 5.43. The highest BCUT2D eigenvalue weighted by atomic mass is 79.9. The number of hydrogen-bond donors (Lipinski definition) is 3. The Balaban J connectivity index is 2.36. The minimum Gasteiger partial charge on any atom is -0.307 e. The summed E-state index contributed by atoms with van der Waals surface area (Å²) in [6, 6.07) is 5.92. The Morgan fingerprint density at radius 2 is 1.95 bits per heavy atom. The molecule has 0 fully saturated rings. The molecule has 10 heteroatoms. The highest BCUT2D eigenvalue weighted by molar-refractivity contribution is 9.10. The maximum absolute atomic E-state index is 12.3. The Bertz CT molecular complexity index is 786. The Labute approximate surface area is 139 Å². The minimum atomic E-state index is -3.83. The minimum absolute atomic E-state index is 0.0895. The van der Waals surface area contributed by atoms with Crippen LogP contribution in [-0.2, 0) is 10.0 Å². The van der Waals surface area contributed by atoms with Gasteiger partial charge in [0.1, 0.15) is 4.90 Å². The number of anilines is 2. The van der Waals surface area contributed by atoms with Gasteiger partial charge in [0.05, 0.1) is 10.7 Å². The molecule has 21 heavy (non-hydrogen) atoms. The Morgan fingerprint density at radius 1 is 1.24 bits per heavy atom. The van der Waals surface area contributed by atoms with E-state index < -0.39 is 10.0 Å². The number of hydrazine groups is 1. The average Bonchev–Trinajstić information content (AvgIpc) is 2.42. The largest absolute Gasteiger partial charge is 0.307 e. The van der Waals surface area contributed by atoms with Gasteiger partial charge in [-0.1, -0.05) is 23.2 Å². The standard InChI is InChI=1S/C11H9BrCl2N4O2S/c12-8-3-6(13)1-2-10(8)18-21(19,20)7-4-9(14)11(17-15)16-5-7/h1-5,18H,15H2,(H,16,17). The van der Waals surface area contributed by atoms with Gasteiger partial charge in [0.2, 0.25) is 0 Å². The number of nitrogens with one attached hydrogen (secondary N) is 2. The van der Waals surface area contributed by atoms with Gasteiger partial charge in [0.25, 0.3) is 10.0 Å². The van der Waals surface area contributed by atoms with E-state index >= 15 is 0 Å². The lowest BCUT2D eigenvalue weighted by Crippen LogP contribution is -2.15. The normalized spacial score (nSPS) is 11.2. The molecule has 4 N–H and O–H groups in total. The molecule has 0 unspecified atom stereocenters. The van der Waals surface area contributed by atoms with Crippen LogP contribution >= 0.6 is 39.1 Å². The summed E-state index contributed by atoms with van der Waals surface area (Å²) in [5.74, 6) is 5.37. The van der Waals surface area contributed by atoms with Gasteiger partial charge in [-0.05, 0) is 40.2 Å². The maximum Gasteiger partial charge on any atom is 0.263 e. The lowest BCUT2D eigenvalue weighted by molar-refractivity contribution is 0.601. The van der Waals surface area contributed by atoms with Crippen LogP contribution in [0.25, 0.3) is 0 Å². The molecule has 0 saturated heterocycles. The second-order valence-electron chi connectivity index (χ2n) is 3.88. The lowest BCUT2D eigenvalue weighted by Gasteiger charge is -2.11. The first-order chi connectivity index (χ1) is 9.83. The number of rotatable bonds is 4. The van der Waals surface area contributed by atoms with Crippen molar-refractivity contribution in [3.05, 3.63) is 45.0 Å². The molecule has 0 radical (unpaired) electrons. The number of hydrogen-bond acceptors (Lipinski definition) is 5. The third-order valence-corrected chi connectivity index (χ3v) is 4.95. The van der Waals surface area contributed by atoms with E-state index in [-0.39, 0.29) is 15.7 Å². The zero-order valence-electron chi connectivity index (χ0n) is 10.3. The topological polar surface area (TPSA) is 97.1 Å². The van der Waals surface area contributed by atoms with Crippen LogP contribution in [0.1, 0.15) is 0 Å². The van der Waals surface area contributed by atoms with Crippen LogP contribution in [0.15, 0.2) is 39.8 Å². The quantitative estimate of drug-likeness (QED) is 0.530. The van der Waals surface area contributed by atoms with Gasteiger partial charge in [0.15, 0.2) is 5.82 Å². The number of aromatic nitrogens is 1. The Hall–Kier alpha value is -1.06. The van der Waals surface area contributed by atoms with Crippen LogP contribution < -0.4 is 16.0 Å². The van der Waals surface area contributed by atoms with Gasteiger partial charge in [-0.2, -0.15) is 0 Å². The van der Waals surface area contributed by atoms with Gasteiger partial charge in [-0.25, -0.2) is 19.2 Å². The van der Waals surface area contributed by atoms with E-state index in [1.54, 1.807) is 12.1 Å². The first kappa shape index (κ1) is 16.3. The van der Waals surface area contributed by atoms with Crippen LogP contribution in [-0.4, -0.2) is 13.4 Å². The fourth-order valence-corrected chi connectivity index (χ4v) is 3.70. The van der Waals surface area contributed by atoms with Crippen molar-refractivity contribution in [3.63, 3.8) is 0 Å². The number of nitrogen functional groups attached to an aromatic ring is 1. The first-order valence-corrected chi connectivity index (χ1v) is 8.47. The SMILES string of the molecule is NNc1ncc(S(=O)(=O)Nc2ccc(Cl)cc2Br)cc1Cl. The van der Waals surface area contributed by atoms with Crippen molar-refractivity contribution in [2.75, 3.05) is 10.1 Å². The molecule has 0 bridgehead atoms. The van der Waals surface area contributed by atoms with Crippen LogP contribution in [0.2, 0.25) is 10.0 Å². The van der Waals surface area contributed by atoms with Crippen LogP contribution in [0.3, 0.4) is 0 Å². The molecule has 0 aliphatic carbocycles. The van der Waals surface area contributed by atoms with Crippen molar-refractivity contribution in [1.29, 1.82) is 0 Å². The van der Waals surface area contributed by atoms with Crippen molar-refractivity contribution in [3.8, 4) is 0 Å². The van der Waals surface area contributed by atoms with E-state index in [9.17, 15) is 8.42 Å². The van der Waals surface area contributed by atoms with E-state index in [1.165, 1.54) is 12.1 Å². The zero-order chi connectivity index (χ0) is 15.6. The lowest BCUT2D eigenvalue weighted by atomic mass is 10.3. The van der Waals surface area contributed by atoms with E-state index in [2.05, 4.69) is 31.1 Å². The summed E-state index contributed by atoms with van der Waals surface area (Å²) in [4.78, 5) is 3.73. The molecular weight excluding hydrogens is 403 g/mol. The average molecular weight is 412 g/mol. The summed E-state index contributed by atoms with van der Waals surface area (Å²) in [6.45, 7) is 0. The molecule has 0 aliphatic heterocycles. The number of sulfonamides is 1. The number of benzene rings is 1. The molecule has 1 heterocycles. The molecule has 1 aromatic carbocycles. The monoisotopic (exact) mass is 410 g/mol. The molecule has 2 aromatic rings. The predicted octanol–water partition coefficient (Wildman–Crippen LogP) is 3.24. The van der Waals surface area contributed by atoms with E-state index in [0.29, 0.717) is 15.2 Å². The molecule has 1 aromatic heterocycles. The second kappa shape index (κ2) is 6.37. The molecule has 0 atom stereocenters. The van der Waals surface area contributed by atoms with Crippen molar-refractivity contribution in [2.45, 2.75) is 4.90 Å². The third-order valence-electron chi connectivity index (χ3n) is 2.44. The van der Waals surface area contributed by atoms with Crippen molar-refractivity contribution in [2.24, 2.45) is 5.84 Å². The van der Waals surface area contributed by atoms with Crippen LogP contribution in [0.4, 0.5) is 11.5 Å². The van der Waals surface area contributed by atoms with Crippen LogP contribution in [0.5, 0.6) is 0 Å². The molecule has 2 rings (SSSR count). The fourth-order valence-electron chi connectivity index (χ4n) is 1.45. The van der Waals surface area contributed by atoms with Gasteiger partial charge in [-0.15, -0.1) is 0 Å². The highest BCUT2D eigenvalue weighted by Crippen LogP contribution is 2.29. The predicted molar refractivity (Wildman–Crippen MR) is 87.0 cm³/mol. The van der Waals surface area contributed by atoms with Crippen molar-refractivity contribution in [1.82, 2.24) is 4.98 Å². The summed E-state index contributed by atoms with van der Waals surface area (Å²) < 4.78 is 27.5.